The summed E-state index contributed by atoms with van der Waals surface area (Å²) in [5, 5.41) is 2.96. The van der Waals surface area contributed by atoms with E-state index in [4.69, 9.17) is 9.47 Å². The van der Waals surface area contributed by atoms with Crippen molar-refractivity contribution in [3.05, 3.63) is 87.9 Å². The van der Waals surface area contributed by atoms with Crippen molar-refractivity contribution in [1.82, 2.24) is 0 Å². The van der Waals surface area contributed by atoms with Crippen molar-refractivity contribution < 1.29 is 23.9 Å². The molecule has 1 amide bonds. The van der Waals surface area contributed by atoms with E-state index < -0.39 is 0 Å². The molecule has 0 saturated heterocycles. The number of benzene rings is 2. The average molecular weight is 490 g/mol. The van der Waals surface area contributed by atoms with Crippen LogP contribution in [0.1, 0.15) is 56.2 Å². The normalized spacial score (nSPS) is 13.8. The Labute approximate surface area is 213 Å². The number of methoxy groups -OCH3 is 2. The van der Waals surface area contributed by atoms with Gasteiger partial charge in [0.2, 0.25) is 29.0 Å². The highest BCUT2D eigenvalue weighted by atomic mass is 16.5. The summed E-state index contributed by atoms with van der Waals surface area (Å²) in [5.41, 5.74) is 4.80. The molecule has 0 aliphatic heterocycles. The summed E-state index contributed by atoms with van der Waals surface area (Å²) in [6.45, 7) is 3.83. The number of hydrogen-bond acceptors (Lipinski definition) is 5. The van der Waals surface area contributed by atoms with Crippen molar-refractivity contribution in [1.29, 1.82) is 0 Å². The van der Waals surface area contributed by atoms with Crippen LogP contribution in [-0.4, -0.2) is 31.7 Å². The Balaban J connectivity index is 1.53. The summed E-state index contributed by atoms with van der Waals surface area (Å²) in [5.74, 6) is -0.811. The number of ether oxygens (including phenoxy) is 2. The Bertz CT molecular complexity index is 1160. The first-order valence-corrected chi connectivity index (χ1v) is 12.5. The van der Waals surface area contributed by atoms with E-state index in [-0.39, 0.29) is 29.0 Å². The maximum absolute atomic E-state index is 12.8. The maximum Gasteiger partial charge on any atom is 0.228 e. The van der Waals surface area contributed by atoms with Crippen LogP contribution in [0.5, 0.6) is 0 Å². The van der Waals surface area contributed by atoms with E-state index >= 15 is 0 Å². The largest absolute Gasteiger partial charge is 0.489 e. The third-order valence-corrected chi connectivity index (χ3v) is 6.45. The van der Waals surface area contributed by atoms with E-state index in [2.05, 4.69) is 24.4 Å². The number of allylic oxidation sites excluding steroid dienone is 2. The quantitative estimate of drug-likeness (QED) is 0.314. The molecule has 0 atom stereocenters. The molecule has 0 bridgehead atoms. The van der Waals surface area contributed by atoms with Gasteiger partial charge in [-0.2, -0.15) is 0 Å². The lowest BCUT2D eigenvalue weighted by molar-refractivity contribution is -0.121. The molecular formula is C30H35NO5. The molecule has 1 aliphatic rings. The summed E-state index contributed by atoms with van der Waals surface area (Å²) in [7, 11) is 2.70. The Kier molecular flexibility index (Phi) is 9.62. The minimum atomic E-state index is -0.335. The van der Waals surface area contributed by atoms with Gasteiger partial charge < -0.3 is 14.8 Å². The van der Waals surface area contributed by atoms with Gasteiger partial charge in [-0.25, -0.2) is 0 Å². The molecule has 1 aliphatic carbocycles. The molecule has 0 spiro atoms. The Morgan fingerprint density at radius 3 is 1.94 bits per heavy atom. The van der Waals surface area contributed by atoms with Crippen molar-refractivity contribution in [2.75, 3.05) is 19.5 Å². The molecule has 6 heteroatoms. The van der Waals surface area contributed by atoms with Gasteiger partial charge in [0.15, 0.2) is 0 Å². The van der Waals surface area contributed by atoms with Gasteiger partial charge in [-0.15, -0.1) is 0 Å². The second kappa shape index (κ2) is 12.9. The van der Waals surface area contributed by atoms with Gasteiger partial charge in [-0.1, -0.05) is 56.2 Å². The lowest BCUT2D eigenvalue weighted by Gasteiger charge is -2.20. The van der Waals surface area contributed by atoms with Gasteiger partial charge in [0, 0.05) is 29.7 Å². The van der Waals surface area contributed by atoms with Crippen LogP contribution in [0, 0.1) is 0 Å². The van der Waals surface area contributed by atoms with E-state index in [0.717, 1.165) is 23.2 Å². The first-order chi connectivity index (χ1) is 17.4. The molecule has 0 fully saturated rings. The number of hydrogen-bond donors (Lipinski definition) is 1. The number of aryl methyl sites for hydroxylation is 2. The molecule has 6 nitrogen and oxygen atoms in total. The van der Waals surface area contributed by atoms with Gasteiger partial charge in [-0.05, 0) is 55.0 Å². The van der Waals surface area contributed by atoms with E-state index in [1.165, 1.54) is 39.0 Å². The second-order valence-electron chi connectivity index (χ2n) is 9.02. The minimum Gasteiger partial charge on any atom is -0.489 e. The number of ketones is 2. The summed E-state index contributed by atoms with van der Waals surface area (Å²) in [4.78, 5) is 37.8. The fraction of sp³-hybridized carbons (Fsp3) is 0.367. The van der Waals surface area contributed by atoms with Crippen molar-refractivity contribution in [3.63, 3.8) is 0 Å². The van der Waals surface area contributed by atoms with E-state index in [1.54, 1.807) is 6.92 Å². The van der Waals surface area contributed by atoms with Gasteiger partial charge in [0.1, 0.15) is 0 Å². The number of unbranched alkanes of at least 4 members (excludes halogenated alkanes) is 2. The second-order valence-corrected chi connectivity index (χ2v) is 9.02. The predicted octanol–water partition coefficient (Wildman–Crippen LogP) is 5.51. The molecule has 190 valence electrons. The van der Waals surface area contributed by atoms with E-state index in [9.17, 15) is 14.4 Å². The SMILES string of the molecule is CCCCCc1ccc(NC(=O)CCc2ccc(CC3=C(C)C(=O)C(OC)=C(OC)C3=O)cc2)cc1. The van der Waals surface area contributed by atoms with Crippen LogP contribution < -0.4 is 5.32 Å². The summed E-state index contributed by atoms with van der Waals surface area (Å²) >= 11 is 0. The van der Waals surface area contributed by atoms with Crippen LogP contribution in [0.4, 0.5) is 5.69 Å². The molecule has 36 heavy (non-hydrogen) atoms. The summed E-state index contributed by atoms with van der Waals surface area (Å²) < 4.78 is 10.2. The van der Waals surface area contributed by atoms with Crippen molar-refractivity contribution in [2.24, 2.45) is 0 Å². The number of nitrogens with one attached hydrogen (secondary N) is 1. The number of amides is 1. The molecule has 2 aromatic rings. The van der Waals surface area contributed by atoms with E-state index in [1.807, 2.05) is 36.4 Å². The highest BCUT2D eigenvalue weighted by Crippen LogP contribution is 2.28. The Morgan fingerprint density at radius 2 is 1.33 bits per heavy atom. The molecule has 0 radical (unpaired) electrons. The number of anilines is 1. The number of carbonyl (C=O) groups excluding carboxylic acids is 3. The smallest absolute Gasteiger partial charge is 0.228 e. The first-order valence-electron chi connectivity index (χ1n) is 12.5. The molecule has 0 unspecified atom stereocenters. The van der Waals surface area contributed by atoms with Crippen molar-refractivity contribution >= 4 is 23.2 Å². The molecule has 2 aromatic carbocycles. The molecule has 0 heterocycles. The van der Waals surface area contributed by atoms with Crippen LogP contribution in [-0.2, 0) is 43.1 Å². The highest BCUT2D eigenvalue weighted by Gasteiger charge is 2.34. The van der Waals surface area contributed by atoms with Crippen molar-refractivity contribution in [3.8, 4) is 0 Å². The lowest BCUT2D eigenvalue weighted by atomic mass is 9.88. The zero-order valence-electron chi connectivity index (χ0n) is 21.6. The molecular weight excluding hydrogens is 454 g/mol. The zero-order chi connectivity index (χ0) is 26.1. The maximum atomic E-state index is 12.8. The third-order valence-electron chi connectivity index (χ3n) is 6.45. The standard InChI is InChI=1S/C30H35NO5/c1-5-6-7-8-21-13-16-24(17-14-21)31-26(32)18-15-22-9-11-23(12-10-22)19-25-20(2)27(33)29(35-3)30(36-4)28(25)34/h9-14,16-17H,5-8,15,18-19H2,1-4H3,(H,31,32). The third kappa shape index (κ3) is 6.72. The van der Waals surface area contributed by atoms with Gasteiger partial charge in [0.05, 0.1) is 14.2 Å². The Hall–Kier alpha value is -3.67. The van der Waals surface area contributed by atoms with Crippen LogP contribution in [0.15, 0.2) is 71.2 Å². The first kappa shape index (κ1) is 26.9. The number of carbonyl (C=O) groups is 3. The zero-order valence-corrected chi connectivity index (χ0v) is 21.6. The number of Topliss-reactive ketones (excluding diaryl/α,β-unsaturated/α-hetero) is 2. The number of rotatable bonds is 12. The minimum absolute atomic E-state index is 0.0299. The summed E-state index contributed by atoms with van der Waals surface area (Å²) in [6.07, 6.45) is 5.98. The molecule has 0 aromatic heterocycles. The van der Waals surface area contributed by atoms with Crippen LogP contribution in [0.25, 0.3) is 0 Å². The topological polar surface area (TPSA) is 81.7 Å². The van der Waals surface area contributed by atoms with E-state index in [0.29, 0.717) is 30.4 Å². The monoisotopic (exact) mass is 489 g/mol. The Morgan fingerprint density at radius 1 is 0.778 bits per heavy atom. The summed E-state index contributed by atoms with van der Waals surface area (Å²) in [6, 6.07) is 15.8. The molecule has 0 saturated carbocycles. The molecule has 3 rings (SSSR count). The van der Waals surface area contributed by atoms with Crippen LogP contribution in [0.2, 0.25) is 0 Å². The molecule has 1 N–H and O–H groups in total. The predicted molar refractivity (Wildman–Crippen MR) is 141 cm³/mol. The van der Waals surface area contributed by atoms with Crippen molar-refractivity contribution in [2.45, 2.75) is 58.8 Å². The van der Waals surface area contributed by atoms with Crippen LogP contribution in [0.3, 0.4) is 0 Å². The average Bonchev–Trinajstić information content (AvgIpc) is 2.89. The fourth-order valence-electron chi connectivity index (χ4n) is 4.25. The van der Waals surface area contributed by atoms with Gasteiger partial charge in [0.25, 0.3) is 0 Å². The van der Waals surface area contributed by atoms with Gasteiger partial charge >= 0.3 is 0 Å². The lowest BCUT2D eigenvalue weighted by Crippen LogP contribution is -2.26. The van der Waals surface area contributed by atoms with Gasteiger partial charge in [-0.3, -0.25) is 14.4 Å². The fourth-order valence-corrected chi connectivity index (χ4v) is 4.25. The highest BCUT2D eigenvalue weighted by molar-refractivity contribution is 6.23. The van der Waals surface area contributed by atoms with Crippen LogP contribution >= 0.6 is 0 Å².